The van der Waals surface area contributed by atoms with Crippen LogP contribution in [0.3, 0.4) is 0 Å². The van der Waals surface area contributed by atoms with Crippen molar-refractivity contribution in [1.29, 1.82) is 0 Å². The van der Waals surface area contributed by atoms with Crippen LogP contribution in [-0.2, 0) is 14.3 Å². The summed E-state index contributed by atoms with van der Waals surface area (Å²) in [5.41, 5.74) is 5.10. The molecule has 9 N–H and O–H groups in total. The molecule has 2 aromatic heterocycles. The minimum Gasteiger partial charge on any atom is -0.506 e. The molecule has 3 heterocycles. The Hall–Kier alpha value is -3.63. The van der Waals surface area contributed by atoms with Crippen molar-refractivity contribution in [2.24, 2.45) is 11.7 Å². The van der Waals surface area contributed by atoms with E-state index in [1.165, 1.54) is 26.0 Å². The fourth-order valence-corrected chi connectivity index (χ4v) is 3.78. The van der Waals surface area contributed by atoms with E-state index in [0.29, 0.717) is 0 Å². The van der Waals surface area contributed by atoms with Crippen LogP contribution >= 0.6 is 0 Å². The maximum absolute atomic E-state index is 12.7. The van der Waals surface area contributed by atoms with Gasteiger partial charge < -0.3 is 46.3 Å². The van der Waals surface area contributed by atoms with Crippen LogP contribution < -0.4 is 16.7 Å². The topological polar surface area (TPSA) is 250 Å². The zero-order valence-electron chi connectivity index (χ0n) is 19.2. The highest BCUT2D eigenvalue weighted by Crippen LogP contribution is 2.31. The van der Waals surface area contributed by atoms with Crippen LogP contribution in [0.4, 0.5) is 0 Å². The number of H-pyrrole nitrogens is 1. The molecule has 8 atom stereocenters. The number of ketones is 1. The standard InChI is InChI=1S/C21H27N5O10/c1-7(14(29)10-4-3-9(28)5-23-10)12(22)18(32)25-13(20(33)34)17-15(30)16(31)19(36-17)26-6-11(8(2)27)24-21(26)35/h3-7,12-17,19,28-31H,22H2,1-2H3,(H,24,35)(H,25,32)(H,33,34)/t7-,12-,13-,14-,15?,16?,17?,19+/m0/s1. The first-order valence-electron chi connectivity index (χ1n) is 10.8. The normalized spacial score (nSPS) is 25.1. The third kappa shape index (κ3) is 5.29. The number of nitrogens with zero attached hydrogens (tertiary/aromatic N) is 2. The van der Waals surface area contributed by atoms with E-state index >= 15 is 0 Å². The van der Waals surface area contributed by atoms with E-state index in [2.05, 4.69) is 15.3 Å². The largest absolute Gasteiger partial charge is 0.506 e. The summed E-state index contributed by atoms with van der Waals surface area (Å²) in [6, 6.07) is -0.746. The highest BCUT2D eigenvalue weighted by Gasteiger charge is 2.50. The van der Waals surface area contributed by atoms with E-state index < -0.39 is 72.0 Å². The molecule has 0 bridgehead atoms. The lowest BCUT2D eigenvalue weighted by Gasteiger charge is -2.28. The number of hydrogen-bond donors (Lipinski definition) is 8. The summed E-state index contributed by atoms with van der Waals surface area (Å²) in [6.45, 7) is 2.61. The van der Waals surface area contributed by atoms with Gasteiger partial charge in [0, 0.05) is 19.0 Å². The average molecular weight is 509 g/mol. The van der Waals surface area contributed by atoms with Gasteiger partial charge in [-0.25, -0.2) is 9.59 Å². The van der Waals surface area contributed by atoms with Crippen molar-refractivity contribution in [3.63, 3.8) is 0 Å². The number of pyridine rings is 1. The number of carbonyl (C=O) groups excluding carboxylic acids is 2. The predicted octanol–water partition coefficient (Wildman–Crippen LogP) is -2.63. The maximum atomic E-state index is 12.7. The summed E-state index contributed by atoms with van der Waals surface area (Å²) < 4.78 is 6.24. The van der Waals surface area contributed by atoms with Crippen LogP contribution in [-0.4, -0.2) is 88.1 Å². The molecule has 0 spiro atoms. The Labute approximate surface area is 203 Å². The molecule has 1 aliphatic heterocycles. The van der Waals surface area contributed by atoms with Crippen molar-refractivity contribution in [2.45, 2.75) is 56.6 Å². The second-order valence-electron chi connectivity index (χ2n) is 8.50. The molecule has 0 aromatic carbocycles. The molecule has 1 fully saturated rings. The average Bonchev–Trinajstić information content (AvgIpc) is 3.35. The number of ether oxygens (including phenoxy) is 1. The molecule has 0 radical (unpaired) electrons. The molecule has 0 saturated carbocycles. The Kier molecular flexibility index (Phi) is 7.90. The molecule has 1 amide bonds. The Morgan fingerprint density at radius 3 is 2.44 bits per heavy atom. The number of aliphatic carboxylic acids is 1. The molecule has 36 heavy (non-hydrogen) atoms. The lowest BCUT2D eigenvalue weighted by atomic mass is 9.92. The summed E-state index contributed by atoms with van der Waals surface area (Å²) in [5, 5.41) is 52.5. The van der Waals surface area contributed by atoms with E-state index in [-0.39, 0.29) is 17.1 Å². The van der Waals surface area contributed by atoms with Crippen molar-refractivity contribution in [3.8, 4) is 5.75 Å². The minimum atomic E-state index is -1.91. The van der Waals surface area contributed by atoms with Crippen molar-refractivity contribution in [1.82, 2.24) is 19.9 Å². The number of nitrogens with two attached hydrogens (primary N) is 1. The first kappa shape index (κ1) is 27.0. The summed E-state index contributed by atoms with van der Waals surface area (Å²) >= 11 is 0. The molecule has 1 aliphatic rings. The molecular weight excluding hydrogens is 482 g/mol. The molecule has 0 aliphatic carbocycles. The molecule has 2 aromatic rings. The monoisotopic (exact) mass is 509 g/mol. The van der Waals surface area contributed by atoms with Crippen molar-refractivity contribution >= 4 is 17.7 Å². The van der Waals surface area contributed by atoms with Crippen LogP contribution in [0.15, 0.2) is 29.3 Å². The number of carboxylic acid groups (broad SMARTS) is 1. The van der Waals surface area contributed by atoms with Gasteiger partial charge in [-0.1, -0.05) is 6.92 Å². The molecule has 15 heteroatoms. The lowest BCUT2D eigenvalue weighted by Crippen LogP contribution is -2.57. The van der Waals surface area contributed by atoms with Crippen LogP contribution in [0.25, 0.3) is 0 Å². The molecule has 3 rings (SSSR count). The first-order chi connectivity index (χ1) is 16.8. The van der Waals surface area contributed by atoms with Gasteiger partial charge in [-0.2, -0.15) is 0 Å². The maximum Gasteiger partial charge on any atom is 0.329 e. The van der Waals surface area contributed by atoms with Gasteiger partial charge in [-0.15, -0.1) is 0 Å². The van der Waals surface area contributed by atoms with E-state index in [4.69, 9.17) is 10.5 Å². The summed E-state index contributed by atoms with van der Waals surface area (Å²) in [7, 11) is 0. The third-order valence-corrected chi connectivity index (χ3v) is 6.01. The number of aliphatic hydroxyl groups excluding tert-OH is 3. The molecule has 3 unspecified atom stereocenters. The van der Waals surface area contributed by atoms with Crippen LogP contribution in [0, 0.1) is 5.92 Å². The summed E-state index contributed by atoms with van der Waals surface area (Å²) in [6.07, 6.45) is -6.09. The zero-order valence-corrected chi connectivity index (χ0v) is 19.2. The van der Waals surface area contributed by atoms with Crippen LogP contribution in [0.1, 0.15) is 42.4 Å². The Morgan fingerprint density at radius 1 is 1.25 bits per heavy atom. The zero-order chi connectivity index (χ0) is 26.9. The number of hydrogen-bond acceptors (Lipinski definition) is 11. The van der Waals surface area contributed by atoms with Gasteiger partial charge >= 0.3 is 11.7 Å². The number of aromatic hydroxyl groups is 1. The van der Waals surface area contributed by atoms with Gasteiger partial charge in [-0.05, 0) is 12.1 Å². The van der Waals surface area contributed by atoms with Gasteiger partial charge in [0.15, 0.2) is 18.1 Å². The number of carbonyl (C=O) groups is 3. The fourth-order valence-electron chi connectivity index (χ4n) is 3.78. The van der Waals surface area contributed by atoms with Gasteiger partial charge in [0.1, 0.15) is 35.9 Å². The molecule has 15 nitrogen and oxygen atoms in total. The quantitative estimate of drug-likeness (QED) is 0.162. The number of aromatic nitrogens is 3. The van der Waals surface area contributed by atoms with Crippen LogP contribution in [0.2, 0.25) is 0 Å². The van der Waals surface area contributed by atoms with E-state index in [9.17, 15) is 44.7 Å². The second-order valence-corrected chi connectivity index (χ2v) is 8.50. The Bertz CT molecular complexity index is 1180. The van der Waals surface area contributed by atoms with Gasteiger partial charge in [-0.3, -0.25) is 19.1 Å². The number of nitrogens with one attached hydrogen (secondary N) is 2. The Morgan fingerprint density at radius 2 is 1.92 bits per heavy atom. The third-order valence-electron chi connectivity index (χ3n) is 6.01. The van der Waals surface area contributed by atoms with Gasteiger partial charge in [0.05, 0.1) is 17.9 Å². The number of aromatic amines is 1. The second kappa shape index (κ2) is 10.5. The number of amides is 1. The number of carboxylic acids is 1. The number of Topliss-reactive ketones (excluding diaryl/α,β-unsaturated/α-hetero) is 1. The highest BCUT2D eigenvalue weighted by molar-refractivity contribution is 5.91. The van der Waals surface area contributed by atoms with Crippen LogP contribution in [0.5, 0.6) is 5.75 Å². The SMILES string of the molecule is CC(=O)c1cn([C@@H]2OC([C@H](NC(=O)[C@@H](N)[C@H](C)[C@H](O)c3ccc(O)cn3)C(=O)O)C(O)C2O)c(=O)[nH]1. The minimum absolute atomic E-state index is 0.0986. The fraction of sp³-hybridized carbons (Fsp3) is 0.476. The number of aliphatic hydroxyl groups is 3. The van der Waals surface area contributed by atoms with Crippen molar-refractivity contribution < 1.29 is 44.7 Å². The highest BCUT2D eigenvalue weighted by atomic mass is 16.6. The smallest absolute Gasteiger partial charge is 0.329 e. The summed E-state index contributed by atoms with van der Waals surface area (Å²) in [5.74, 6) is -4.24. The van der Waals surface area contributed by atoms with Crippen molar-refractivity contribution in [3.05, 3.63) is 46.4 Å². The van der Waals surface area contributed by atoms with Crippen molar-refractivity contribution in [2.75, 3.05) is 0 Å². The Balaban J connectivity index is 1.76. The first-order valence-corrected chi connectivity index (χ1v) is 10.8. The van der Waals surface area contributed by atoms with E-state index in [1.807, 2.05) is 0 Å². The van der Waals surface area contributed by atoms with E-state index in [1.54, 1.807) is 0 Å². The number of imidazole rings is 1. The van der Waals surface area contributed by atoms with E-state index in [0.717, 1.165) is 17.0 Å². The number of rotatable bonds is 9. The summed E-state index contributed by atoms with van der Waals surface area (Å²) in [4.78, 5) is 54.5. The van der Waals surface area contributed by atoms with Gasteiger partial charge in [0.2, 0.25) is 5.91 Å². The predicted molar refractivity (Wildman–Crippen MR) is 119 cm³/mol. The molecule has 196 valence electrons. The molecular formula is C21H27N5O10. The lowest BCUT2D eigenvalue weighted by molar-refractivity contribution is -0.149. The molecule has 1 saturated heterocycles. The van der Waals surface area contributed by atoms with Gasteiger partial charge in [0.25, 0.3) is 0 Å².